The van der Waals surface area contributed by atoms with Crippen LogP contribution in [0.4, 0.5) is 14.5 Å². The molecule has 2 N–H and O–H groups in total. The van der Waals surface area contributed by atoms with Crippen LogP contribution in [0.3, 0.4) is 0 Å². The van der Waals surface area contributed by atoms with E-state index in [-0.39, 0.29) is 23.9 Å². The summed E-state index contributed by atoms with van der Waals surface area (Å²) in [4.78, 5) is 22.6. The van der Waals surface area contributed by atoms with E-state index in [9.17, 15) is 18.4 Å². The van der Waals surface area contributed by atoms with Crippen LogP contribution in [0.15, 0.2) is 12.1 Å². The van der Waals surface area contributed by atoms with Gasteiger partial charge in [-0.3, -0.25) is 9.59 Å². The van der Waals surface area contributed by atoms with Gasteiger partial charge in [-0.15, -0.1) is 0 Å². The highest BCUT2D eigenvalue weighted by Crippen LogP contribution is 2.33. The molecule has 0 aromatic heterocycles. The molecule has 0 atom stereocenters. The smallest absolute Gasteiger partial charge is 0.387 e. The number of carbonyl (C=O) groups excluding carboxylic acids is 2. The van der Waals surface area contributed by atoms with E-state index >= 15 is 0 Å². The van der Waals surface area contributed by atoms with Crippen molar-refractivity contribution < 1.29 is 23.1 Å². The zero-order valence-electron chi connectivity index (χ0n) is 12.1. The van der Waals surface area contributed by atoms with Crippen LogP contribution in [-0.4, -0.2) is 18.4 Å². The number of hydrogen-bond donors (Lipinski definition) is 2. The highest BCUT2D eigenvalue weighted by molar-refractivity contribution is 5.92. The topological polar surface area (TPSA) is 67.4 Å². The highest BCUT2D eigenvalue weighted by atomic mass is 19.3. The molecule has 0 radical (unpaired) electrons. The SMILES string of the molecule is CCC(=O)NCc1ccc(C)c(OC(F)F)c1NC(C)=O. The Hall–Kier alpha value is -2.18. The van der Waals surface area contributed by atoms with Crippen molar-refractivity contribution in [2.45, 2.75) is 40.3 Å². The maximum absolute atomic E-state index is 12.5. The third-order valence-electron chi connectivity index (χ3n) is 2.75. The molecule has 7 heteroatoms. The van der Waals surface area contributed by atoms with Crippen molar-refractivity contribution in [1.82, 2.24) is 5.32 Å². The molecule has 116 valence electrons. The second-order valence-corrected chi connectivity index (χ2v) is 4.44. The fourth-order valence-corrected chi connectivity index (χ4v) is 1.75. The zero-order chi connectivity index (χ0) is 16.0. The minimum absolute atomic E-state index is 0.0940. The number of carbonyl (C=O) groups is 2. The lowest BCUT2D eigenvalue weighted by molar-refractivity contribution is -0.121. The molecule has 0 unspecified atom stereocenters. The molecular formula is C14H18F2N2O3. The van der Waals surface area contributed by atoms with Crippen molar-refractivity contribution >= 4 is 17.5 Å². The molecule has 0 aliphatic rings. The Morgan fingerprint density at radius 2 is 2.00 bits per heavy atom. The molecule has 0 saturated heterocycles. The molecule has 1 aromatic carbocycles. The van der Waals surface area contributed by atoms with E-state index in [0.29, 0.717) is 17.5 Å². The second-order valence-electron chi connectivity index (χ2n) is 4.44. The van der Waals surface area contributed by atoms with Crippen molar-refractivity contribution in [3.05, 3.63) is 23.3 Å². The largest absolute Gasteiger partial charge is 0.432 e. The third-order valence-corrected chi connectivity index (χ3v) is 2.75. The van der Waals surface area contributed by atoms with Crippen LogP contribution in [0.1, 0.15) is 31.4 Å². The summed E-state index contributed by atoms with van der Waals surface area (Å²) >= 11 is 0. The number of amides is 2. The van der Waals surface area contributed by atoms with Gasteiger partial charge in [0.15, 0.2) is 5.75 Å². The van der Waals surface area contributed by atoms with Crippen LogP contribution in [0, 0.1) is 6.92 Å². The molecule has 1 aromatic rings. The number of hydrogen-bond acceptors (Lipinski definition) is 3. The summed E-state index contributed by atoms with van der Waals surface area (Å²) < 4.78 is 29.5. The monoisotopic (exact) mass is 300 g/mol. The lowest BCUT2D eigenvalue weighted by Gasteiger charge is -2.18. The summed E-state index contributed by atoms with van der Waals surface area (Å²) in [7, 11) is 0. The molecule has 5 nitrogen and oxygen atoms in total. The van der Waals surface area contributed by atoms with E-state index in [0.717, 1.165) is 0 Å². The van der Waals surface area contributed by atoms with Crippen molar-refractivity contribution in [1.29, 1.82) is 0 Å². The number of anilines is 1. The lowest BCUT2D eigenvalue weighted by Crippen LogP contribution is -2.23. The van der Waals surface area contributed by atoms with Gasteiger partial charge in [-0.25, -0.2) is 0 Å². The van der Waals surface area contributed by atoms with Gasteiger partial charge in [-0.2, -0.15) is 8.78 Å². The van der Waals surface area contributed by atoms with E-state index in [1.165, 1.54) is 6.92 Å². The molecule has 0 spiro atoms. The van der Waals surface area contributed by atoms with Crippen LogP contribution >= 0.6 is 0 Å². The van der Waals surface area contributed by atoms with Crippen LogP contribution in [0.2, 0.25) is 0 Å². The maximum Gasteiger partial charge on any atom is 0.387 e. The fraction of sp³-hybridized carbons (Fsp3) is 0.429. The molecular weight excluding hydrogens is 282 g/mol. The van der Waals surface area contributed by atoms with E-state index < -0.39 is 12.5 Å². The number of rotatable bonds is 6. The Kier molecular flexibility index (Phi) is 6.08. The predicted octanol–water partition coefficient (Wildman–Crippen LogP) is 2.58. The van der Waals surface area contributed by atoms with E-state index in [1.54, 1.807) is 26.0 Å². The molecule has 2 amide bonds. The maximum atomic E-state index is 12.5. The average molecular weight is 300 g/mol. The van der Waals surface area contributed by atoms with Crippen LogP contribution in [0.5, 0.6) is 5.75 Å². The summed E-state index contributed by atoms with van der Waals surface area (Å²) in [5.74, 6) is -0.688. The Balaban J connectivity index is 3.15. The number of aryl methyl sites for hydroxylation is 1. The van der Waals surface area contributed by atoms with Gasteiger partial charge in [0.1, 0.15) is 0 Å². The summed E-state index contributed by atoms with van der Waals surface area (Å²) in [5.41, 5.74) is 1.11. The summed E-state index contributed by atoms with van der Waals surface area (Å²) in [6.45, 7) is 1.67. The van der Waals surface area contributed by atoms with Crippen LogP contribution < -0.4 is 15.4 Å². The normalized spacial score (nSPS) is 10.4. The van der Waals surface area contributed by atoms with Crippen molar-refractivity contribution in [3.8, 4) is 5.75 Å². The zero-order valence-corrected chi connectivity index (χ0v) is 12.1. The predicted molar refractivity (Wildman–Crippen MR) is 74.3 cm³/mol. The Morgan fingerprint density at radius 1 is 1.33 bits per heavy atom. The van der Waals surface area contributed by atoms with Crippen molar-refractivity contribution in [3.63, 3.8) is 0 Å². The van der Waals surface area contributed by atoms with Gasteiger partial charge in [0.2, 0.25) is 11.8 Å². The standard InChI is InChI=1S/C14H18F2N2O3/c1-4-11(20)17-7-10-6-5-8(2)13(21-14(15)16)12(10)18-9(3)19/h5-6,14H,4,7H2,1-3H3,(H,17,20)(H,18,19). The first-order chi connectivity index (χ1) is 9.85. The highest BCUT2D eigenvalue weighted by Gasteiger charge is 2.17. The first-order valence-electron chi connectivity index (χ1n) is 6.46. The van der Waals surface area contributed by atoms with E-state index in [1.807, 2.05) is 0 Å². The first kappa shape index (κ1) is 16.9. The molecule has 0 aliphatic carbocycles. The van der Waals surface area contributed by atoms with Gasteiger partial charge in [0, 0.05) is 19.9 Å². The fourth-order valence-electron chi connectivity index (χ4n) is 1.75. The first-order valence-corrected chi connectivity index (χ1v) is 6.46. The van der Waals surface area contributed by atoms with Crippen molar-refractivity contribution in [2.24, 2.45) is 0 Å². The molecule has 0 saturated carbocycles. The molecule has 1 rings (SSSR count). The molecule has 0 heterocycles. The number of nitrogens with one attached hydrogen (secondary N) is 2. The average Bonchev–Trinajstić information content (AvgIpc) is 2.40. The minimum atomic E-state index is -3.00. The van der Waals surface area contributed by atoms with Gasteiger partial charge < -0.3 is 15.4 Å². The third kappa shape index (κ3) is 5.02. The number of halogens is 2. The molecule has 21 heavy (non-hydrogen) atoms. The minimum Gasteiger partial charge on any atom is -0.432 e. The summed E-state index contributed by atoms with van der Waals surface area (Å²) in [5, 5.41) is 5.11. The van der Waals surface area contributed by atoms with E-state index in [2.05, 4.69) is 15.4 Å². The van der Waals surface area contributed by atoms with Gasteiger partial charge in [-0.1, -0.05) is 19.1 Å². The van der Waals surface area contributed by atoms with E-state index in [4.69, 9.17) is 0 Å². The van der Waals surface area contributed by atoms with Gasteiger partial charge in [0.25, 0.3) is 0 Å². The lowest BCUT2D eigenvalue weighted by atomic mass is 10.1. The Labute approximate surface area is 121 Å². The number of ether oxygens (including phenoxy) is 1. The summed E-state index contributed by atoms with van der Waals surface area (Å²) in [6.07, 6.45) is 0.307. The second kappa shape index (κ2) is 7.56. The number of alkyl halides is 2. The number of benzene rings is 1. The van der Waals surface area contributed by atoms with Crippen LogP contribution in [0.25, 0.3) is 0 Å². The van der Waals surface area contributed by atoms with Crippen LogP contribution in [-0.2, 0) is 16.1 Å². The van der Waals surface area contributed by atoms with Gasteiger partial charge in [-0.05, 0) is 18.1 Å². The van der Waals surface area contributed by atoms with Crippen molar-refractivity contribution in [2.75, 3.05) is 5.32 Å². The van der Waals surface area contributed by atoms with Gasteiger partial charge >= 0.3 is 6.61 Å². The summed E-state index contributed by atoms with van der Waals surface area (Å²) in [6, 6.07) is 3.24. The molecule has 0 bridgehead atoms. The quantitative estimate of drug-likeness (QED) is 0.848. The van der Waals surface area contributed by atoms with Gasteiger partial charge in [0.05, 0.1) is 5.69 Å². The molecule has 0 aliphatic heterocycles. The Morgan fingerprint density at radius 3 is 2.52 bits per heavy atom. The molecule has 0 fully saturated rings. The Bertz CT molecular complexity index is 533.